The van der Waals surface area contributed by atoms with Crippen LogP contribution in [0.25, 0.3) is 0 Å². The fourth-order valence-corrected chi connectivity index (χ4v) is 2.39. The van der Waals surface area contributed by atoms with Crippen molar-refractivity contribution in [3.05, 3.63) is 18.1 Å². The van der Waals surface area contributed by atoms with Crippen molar-refractivity contribution in [1.29, 1.82) is 0 Å². The summed E-state index contributed by atoms with van der Waals surface area (Å²) in [6, 6.07) is 0.670. The zero-order valence-electron chi connectivity index (χ0n) is 11.6. The molecule has 0 bridgehead atoms. The zero-order chi connectivity index (χ0) is 13.0. The Morgan fingerprint density at radius 3 is 2.83 bits per heavy atom. The average molecular weight is 249 g/mol. The number of rotatable bonds is 4. The summed E-state index contributed by atoms with van der Waals surface area (Å²) in [5.74, 6) is 0.823. The van der Waals surface area contributed by atoms with Gasteiger partial charge in [0.05, 0.1) is 18.1 Å². The van der Waals surface area contributed by atoms with Gasteiger partial charge in [-0.3, -0.25) is 9.88 Å². The van der Waals surface area contributed by atoms with Crippen LogP contribution in [0.15, 0.2) is 12.4 Å². The molecule has 100 valence electrons. The van der Waals surface area contributed by atoms with Crippen LogP contribution in [0.5, 0.6) is 0 Å². The van der Waals surface area contributed by atoms with Gasteiger partial charge in [-0.15, -0.1) is 0 Å². The number of likely N-dealkylation sites (N-methyl/N-ethyl adjacent to an activating group) is 1. The van der Waals surface area contributed by atoms with Crippen molar-refractivity contribution in [3.8, 4) is 0 Å². The SMILES string of the molecule is CNc1cnc(CN2CCCC(N(C)C)C2)cn1. The molecule has 1 aromatic rings. The van der Waals surface area contributed by atoms with Gasteiger partial charge in [0, 0.05) is 26.2 Å². The molecule has 0 saturated carbocycles. The van der Waals surface area contributed by atoms with Crippen LogP contribution in [0, 0.1) is 0 Å². The van der Waals surface area contributed by atoms with Crippen molar-refractivity contribution in [3.63, 3.8) is 0 Å². The van der Waals surface area contributed by atoms with E-state index in [0.29, 0.717) is 6.04 Å². The predicted molar refractivity (Wildman–Crippen MR) is 73.6 cm³/mol. The molecule has 0 spiro atoms. The molecule has 1 N–H and O–H groups in total. The van der Waals surface area contributed by atoms with Crippen molar-refractivity contribution in [2.75, 3.05) is 39.5 Å². The summed E-state index contributed by atoms with van der Waals surface area (Å²) >= 11 is 0. The number of hydrogen-bond acceptors (Lipinski definition) is 5. The van der Waals surface area contributed by atoms with Crippen LogP contribution in [0.4, 0.5) is 5.82 Å². The normalized spacial score (nSPS) is 21.2. The lowest BCUT2D eigenvalue weighted by atomic mass is 10.0. The van der Waals surface area contributed by atoms with Crippen LogP contribution >= 0.6 is 0 Å². The largest absolute Gasteiger partial charge is 0.372 e. The number of hydrogen-bond donors (Lipinski definition) is 1. The smallest absolute Gasteiger partial charge is 0.144 e. The van der Waals surface area contributed by atoms with Gasteiger partial charge < -0.3 is 10.2 Å². The molecule has 1 aliphatic rings. The summed E-state index contributed by atoms with van der Waals surface area (Å²) in [6.45, 7) is 3.20. The molecule has 5 heteroatoms. The fraction of sp³-hybridized carbons (Fsp3) is 0.692. The average Bonchev–Trinajstić information content (AvgIpc) is 2.40. The molecule has 1 aliphatic heterocycles. The van der Waals surface area contributed by atoms with Gasteiger partial charge >= 0.3 is 0 Å². The van der Waals surface area contributed by atoms with E-state index in [1.54, 1.807) is 6.20 Å². The third kappa shape index (κ3) is 3.40. The van der Waals surface area contributed by atoms with E-state index in [9.17, 15) is 0 Å². The summed E-state index contributed by atoms with van der Waals surface area (Å²) in [5, 5.41) is 2.99. The Balaban J connectivity index is 1.91. The highest BCUT2D eigenvalue weighted by Gasteiger charge is 2.21. The van der Waals surface area contributed by atoms with Crippen molar-refractivity contribution >= 4 is 5.82 Å². The van der Waals surface area contributed by atoms with Crippen LogP contribution in [0.3, 0.4) is 0 Å². The van der Waals surface area contributed by atoms with E-state index in [1.165, 1.54) is 19.4 Å². The maximum atomic E-state index is 4.43. The minimum atomic E-state index is 0.670. The van der Waals surface area contributed by atoms with Crippen LogP contribution in [0.1, 0.15) is 18.5 Å². The van der Waals surface area contributed by atoms with E-state index in [1.807, 2.05) is 13.2 Å². The number of likely N-dealkylation sites (tertiary alicyclic amines) is 1. The third-order valence-corrected chi connectivity index (χ3v) is 3.56. The Morgan fingerprint density at radius 1 is 1.39 bits per heavy atom. The lowest BCUT2D eigenvalue weighted by Gasteiger charge is -2.35. The molecule has 1 unspecified atom stereocenters. The molecule has 18 heavy (non-hydrogen) atoms. The lowest BCUT2D eigenvalue weighted by Crippen LogP contribution is -2.44. The first-order valence-corrected chi connectivity index (χ1v) is 6.56. The van der Waals surface area contributed by atoms with Crippen molar-refractivity contribution < 1.29 is 0 Å². The second-order valence-corrected chi connectivity index (χ2v) is 5.14. The van der Waals surface area contributed by atoms with E-state index in [0.717, 1.165) is 24.6 Å². The minimum Gasteiger partial charge on any atom is -0.372 e. The maximum absolute atomic E-state index is 4.43. The lowest BCUT2D eigenvalue weighted by molar-refractivity contribution is 0.127. The number of nitrogens with one attached hydrogen (secondary N) is 1. The monoisotopic (exact) mass is 249 g/mol. The summed E-state index contributed by atoms with van der Waals surface area (Å²) < 4.78 is 0. The number of anilines is 1. The Labute approximate surface area is 109 Å². The first kappa shape index (κ1) is 13.2. The predicted octanol–water partition coefficient (Wildman–Crippen LogP) is 1.04. The summed E-state index contributed by atoms with van der Waals surface area (Å²) in [7, 11) is 6.18. The fourth-order valence-electron chi connectivity index (χ4n) is 2.39. The first-order valence-electron chi connectivity index (χ1n) is 6.56. The molecule has 0 aromatic carbocycles. The molecular formula is C13H23N5. The Hall–Kier alpha value is -1.20. The molecule has 2 rings (SSSR count). The summed E-state index contributed by atoms with van der Waals surface area (Å²) in [4.78, 5) is 13.5. The highest BCUT2D eigenvalue weighted by molar-refractivity contribution is 5.29. The molecule has 1 saturated heterocycles. The maximum Gasteiger partial charge on any atom is 0.144 e. The number of nitrogens with zero attached hydrogens (tertiary/aromatic N) is 4. The van der Waals surface area contributed by atoms with Crippen LogP contribution in [-0.4, -0.2) is 60.0 Å². The third-order valence-electron chi connectivity index (χ3n) is 3.56. The van der Waals surface area contributed by atoms with Gasteiger partial charge in [-0.05, 0) is 33.5 Å². The molecule has 1 fully saturated rings. The van der Waals surface area contributed by atoms with Gasteiger partial charge in [0.2, 0.25) is 0 Å². The molecule has 5 nitrogen and oxygen atoms in total. The molecule has 0 radical (unpaired) electrons. The van der Waals surface area contributed by atoms with Gasteiger partial charge in [-0.1, -0.05) is 0 Å². The van der Waals surface area contributed by atoms with Crippen molar-refractivity contribution in [2.45, 2.75) is 25.4 Å². The van der Waals surface area contributed by atoms with Gasteiger partial charge in [0.25, 0.3) is 0 Å². The molecular weight excluding hydrogens is 226 g/mol. The Kier molecular flexibility index (Phi) is 4.49. The first-order chi connectivity index (χ1) is 8.69. The second kappa shape index (κ2) is 6.11. The summed E-state index contributed by atoms with van der Waals surface area (Å²) in [6.07, 6.45) is 6.23. The highest BCUT2D eigenvalue weighted by Crippen LogP contribution is 2.15. The molecule has 1 atom stereocenters. The number of aromatic nitrogens is 2. The second-order valence-electron chi connectivity index (χ2n) is 5.14. The van der Waals surface area contributed by atoms with Gasteiger partial charge in [0.1, 0.15) is 5.82 Å². The minimum absolute atomic E-state index is 0.670. The molecule has 0 aliphatic carbocycles. The standard InChI is InChI=1S/C13H23N5/c1-14-13-8-15-11(7-16-13)9-18-6-4-5-12(10-18)17(2)3/h7-8,12H,4-6,9-10H2,1-3H3,(H,14,16). The van der Waals surface area contributed by atoms with Crippen LogP contribution in [0.2, 0.25) is 0 Å². The van der Waals surface area contributed by atoms with Crippen LogP contribution < -0.4 is 5.32 Å². The summed E-state index contributed by atoms with van der Waals surface area (Å²) in [5.41, 5.74) is 1.05. The van der Waals surface area contributed by atoms with Crippen LogP contribution in [-0.2, 0) is 6.54 Å². The highest BCUT2D eigenvalue weighted by atomic mass is 15.2. The van der Waals surface area contributed by atoms with Gasteiger partial charge in [-0.2, -0.15) is 0 Å². The van der Waals surface area contributed by atoms with Gasteiger partial charge in [0.15, 0.2) is 0 Å². The van der Waals surface area contributed by atoms with E-state index in [4.69, 9.17) is 0 Å². The van der Waals surface area contributed by atoms with Crippen molar-refractivity contribution in [1.82, 2.24) is 19.8 Å². The Bertz CT molecular complexity index is 362. The quantitative estimate of drug-likeness (QED) is 0.864. The zero-order valence-corrected chi connectivity index (χ0v) is 11.6. The van der Waals surface area contributed by atoms with E-state index in [-0.39, 0.29) is 0 Å². The van der Waals surface area contributed by atoms with Gasteiger partial charge in [-0.25, -0.2) is 4.98 Å². The topological polar surface area (TPSA) is 44.3 Å². The van der Waals surface area contributed by atoms with E-state index >= 15 is 0 Å². The molecule has 0 amide bonds. The number of piperidine rings is 1. The van der Waals surface area contributed by atoms with E-state index < -0.39 is 0 Å². The molecule has 1 aromatic heterocycles. The van der Waals surface area contributed by atoms with Crippen molar-refractivity contribution in [2.24, 2.45) is 0 Å². The Morgan fingerprint density at radius 2 is 2.22 bits per heavy atom. The molecule has 2 heterocycles. The van der Waals surface area contributed by atoms with E-state index in [2.05, 4.69) is 39.2 Å².